The second-order valence-electron chi connectivity index (χ2n) is 8.96. The average molecular weight is 472 g/mol. The number of carboxylic acids is 1. The third-order valence-electron chi connectivity index (χ3n) is 5.65. The number of nitrogens with zero attached hydrogens (tertiary/aromatic N) is 3. The van der Waals surface area contributed by atoms with E-state index in [0.717, 1.165) is 32.1 Å². The maximum absolute atomic E-state index is 13.4. The van der Waals surface area contributed by atoms with Crippen LogP contribution in [0.25, 0.3) is 0 Å². The number of rotatable bonds is 13. The summed E-state index contributed by atoms with van der Waals surface area (Å²) in [5.74, 6) is -0.276. The van der Waals surface area contributed by atoms with Gasteiger partial charge in [0, 0.05) is 30.4 Å². The number of anilines is 1. The molecule has 1 aromatic heterocycles. The van der Waals surface area contributed by atoms with E-state index in [0.29, 0.717) is 35.9 Å². The number of carbonyl (C=O) groups is 2. The van der Waals surface area contributed by atoms with Gasteiger partial charge in [0.1, 0.15) is 18.1 Å². The number of amides is 1. The molecule has 1 heterocycles. The van der Waals surface area contributed by atoms with Crippen molar-refractivity contribution < 1.29 is 19.4 Å². The van der Waals surface area contributed by atoms with Gasteiger partial charge in [0.2, 0.25) is 5.91 Å². The molecule has 0 aliphatic heterocycles. The Hall–Kier alpha value is -3.16. The van der Waals surface area contributed by atoms with Crippen molar-refractivity contribution in [3.05, 3.63) is 52.2 Å². The summed E-state index contributed by atoms with van der Waals surface area (Å²) in [6.45, 7) is 9.23. The van der Waals surface area contributed by atoms with Crippen LogP contribution in [0.1, 0.15) is 71.3 Å². The van der Waals surface area contributed by atoms with Gasteiger partial charge in [0.25, 0.3) is 5.56 Å². The number of hydrogen-bond acceptors (Lipinski definition) is 5. The van der Waals surface area contributed by atoms with Gasteiger partial charge < -0.3 is 14.7 Å². The van der Waals surface area contributed by atoms with Crippen LogP contribution in [0.2, 0.25) is 0 Å². The molecule has 186 valence electrons. The molecule has 0 spiro atoms. The van der Waals surface area contributed by atoms with E-state index in [1.807, 2.05) is 6.92 Å². The maximum Gasteiger partial charge on any atom is 0.347 e. The first-order valence-electron chi connectivity index (χ1n) is 12.0. The normalized spacial score (nSPS) is 11.3. The molecule has 2 aromatic rings. The number of benzene rings is 1. The van der Waals surface area contributed by atoms with E-state index in [1.165, 1.54) is 24.5 Å². The lowest BCUT2D eigenvalue weighted by Gasteiger charge is -2.25. The highest BCUT2D eigenvalue weighted by molar-refractivity contribution is 5.93. The lowest BCUT2D eigenvalue weighted by Crippen LogP contribution is -2.39. The van der Waals surface area contributed by atoms with E-state index in [9.17, 15) is 19.5 Å². The minimum Gasteiger partial charge on any atom is -0.478 e. The van der Waals surface area contributed by atoms with Gasteiger partial charge in [-0.15, -0.1) is 0 Å². The summed E-state index contributed by atoms with van der Waals surface area (Å²) in [6.07, 6.45) is 5.81. The molecule has 8 heteroatoms. The Bertz CT molecular complexity index is 1030. The third-order valence-corrected chi connectivity index (χ3v) is 5.65. The van der Waals surface area contributed by atoms with Crippen molar-refractivity contribution >= 4 is 17.6 Å². The number of hydrogen-bond donors (Lipinski definition) is 1. The minimum atomic E-state index is -1.37. The zero-order chi connectivity index (χ0) is 25.3. The molecule has 0 aliphatic carbocycles. The maximum atomic E-state index is 13.4. The van der Waals surface area contributed by atoms with E-state index in [2.05, 4.69) is 11.9 Å². The number of carbonyl (C=O) groups excluding carboxylic acids is 1. The van der Waals surface area contributed by atoms with Crippen LogP contribution in [0.4, 0.5) is 5.69 Å². The van der Waals surface area contributed by atoms with Crippen molar-refractivity contribution in [2.75, 3.05) is 11.4 Å². The summed E-state index contributed by atoms with van der Waals surface area (Å²) in [5.41, 5.74) is -0.294. The van der Waals surface area contributed by atoms with E-state index < -0.39 is 11.6 Å². The molecule has 0 saturated heterocycles. The van der Waals surface area contributed by atoms with Gasteiger partial charge >= 0.3 is 5.97 Å². The summed E-state index contributed by atoms with van der Waals surface area (Å²) in [6, 6.07) is 8.25. The largest absolute Gasteiger partial charge is 0.478 e. The zero-order valence-electron chi connectivity index (χ0n) is 21.0. The van der Waals surface area contributed by atoms with Crippen LogP contribution in [-0.4, -0.2) is 38.7 Å². The van der Waals surface area contributed by atoms with Gasteiger partial charge in [-0.25, -0.2) is 9.78 Å². The Kier molecular flexibility index (Phi) is 9.83. The second kappa shape index (κ2) is 12.3. The minimum absolute atomic E-state index is 0.0887. The molecule has 2 rings (SSSR count). The summed E-state index contributed by atoms with van der Waals surface area (Å²) < 4.78 is 7.02. The Morgan fingerprint density at radius 2 is 1.74 bits per heavy atom. The molecule has 1 N–H and O–H groups in total. The molecule has 0 saturated carbocycles. The van der Waals surface area contributed by atoms with Crippen LogP contribution < -0.4 is 15.2 Å². The first-order chi connectivity index (χ1) is 16.1. The first kappa shape index (κ1) is 27.1. The van der Waals surface area contributed by atoms with Gasteiger partial charge in [0.15, 0.2) is 5.60 Å². The summed E-state index contributed by atoms with van der Waals surface area (Å²) >= 11 is 0. The molecule has 0 radical (unpaired) electrons. The van der Waals surface area contributed by atoms with Crippen LogP contribution >= 0.6 is 0 Å². The number of aromatic nitrogens is 2. The van der Waals surface area contributed by atoms with Crippen molar-refractivity contribution in [1.82, 2.24) is 9.55 Å². The van der Waals surface area contributed by atoms with E-state index in [4.69, 9.17) is 4.74 Å². The van der Waals surface area contributed by atoms with Crippen LogP contribution in [-0.2, 0) is 22.6 Å². The quantitative estimate of drug-likeness (QED) is 0.436. The standard InChI is InChI=1S/C26H37N3O5/c1-6-8-9-10-11-16-28(20-12-14-21(15-13-20)34-26(4,5)25(32)33)24(31)18-29-22(7-2)27-19(3)17-23(29)30/h12-15,17H,6-11,16,18H2,1-5H3,(H,32,33). The molecular formula is C26H37N3O5. The molecule has 34 heavy (non-hydrogen) atoms. The topological polar surface area (TPSA) is 102 Å². The number of carboxylic acid groups (broad SMARTS) is 1. The molecule has 0 atom stereocenters. The Morgan fingerprint density at radius 1 is 1.09 bits per heavy atom. The zero-order valence-corrected chi connectivity index (χ0v) is 21.0. The summed E-state index contributed by atoms with van der Waals surface area (Å²) in [5, 5.41) is 9.29. The van der Waals surface area contributed by atoms with Crippen LogP contribution in [0.3, 0.4) is 0 Å². The van der Waals surface area contributed by atoms with E-state index in [1.54, 1.807) is 36.1 Å². The molecule has 0 fully saturated rings. The molecule has 0 unspecified atom stereocenters. The van der Waals surface area contributed by atoms with Crippen molar-refractivity contribution in [1.29, 1.82) is 0 Å². The van der Waals surface area contributed by atoms with Crippen molar-refractivity contribution in [2.45, 2.75) is 85.3 Å². The first-order valence-corrected chi connectivity index (χ1v) is 12.0. The molecule has 0 bridgehead atoms. The van der Waals surface area contributed by atoms with Crippen molar-refractivity contribution in [2.24, 2.45) is 0 Å². The van der Waals surface area contributed by atoms with Crippen molar-refractivity contribution in [3.63, 3.8) is 0 Å². The molecule has 8 nitrogen and oxygen atoms in total. The number of aliphatic carboxylic acids is 1. The molecule has 1 amide bonds. The van der Waals surface area contributed by atoms with E-state index >= 15 is 0 Å². The van der Waals surface area contributed by atoms with Crippen LogP contribution in [0.15, 0.2) is 35.1 Å². The lowest BCUT2D eigenvalue weighted by atomic mass is 10.1. The fourth-order valence-corrected chi connectivity index (χ4v) is 3.64. The fraction of sp³-hybridized carbons (Fsp3) is 0.538. The summed E-state index contributed by atoms with van der Waals surface area (Å²) in [7, 11) is 0. The van der Waals surface area contributed by atoms with E-state index in [-0.39, 0.29) is 18.0 Å². The average Bonchev–Trinajstić information content (AvgIpc) is 2.78. The highest BCUT2D eigenvalue weighted by Gasteiger charge is 2.29. The number of ether oxygens (including phenoxy) is 1. The molecule has 0 aliphatic rings. The SMILES string of the molecule is CCCCCCCN(C(=O)Cn1c(CC)nc(C)cc1=O)c1ccc(OC(C)(C)C(=O)O)cc1. The number of unbranched alkanes of at least 4 members (excludes halogenated alkanes) is 4. The fourth-order valence-electron chi connectivity index (χ4n) is 3.64. The third kappa shape index (κ3) is 7.43. The Labute approximate surface area is 201 Å². The van der Waals surface area contributed by atoms with Crippen LogP contribution in [0.5, 0.6) is 5.75 Å². The van der Waals surface area contributed by atoms with Gasteiger partial charge in [-0.2, -0.15) is 0 Å². The predicted octanol–water partition coefficient (Wildman–Crippen LogP) is 4.36. The Balaban J connectivity index is 2.26. The summed E-state index contributed by atoms with van der Waals surface area (Å²) in [4.78, 5) is 43.4. The highest BCUT2D eigenvalue weighted by Crippen LogP contribution is 2.24. The predicted molar refractivity (Wildman–Crippen MR) is 133 cm³/mol. The molecule has 1 aromatic carbocycles. The monoisotopic (exact) mass is 471 g/mol. The van der Waals surface area contributed by atoms with Gasteiger partial charge in [0.05, 0.1) is 0 Å². The lowest BCUT2D eigenvalue weighted by molar-refractivity contribution is -0.152. The van der Waals surface area contributed by atoms with Gasteiger partial charge in [-0.1, -0.05) is 39.5 Å². The van der Waals surface area contributed by atoms with Crippen molar-refractivity contribution in [3.8, 4) is 5.75 Å². The highest BCUT2D eigenvalue weighted by atomic mass is 16.5. The number of aryl methyl sites for hydroxylation is 2. The van der Waals surface area contributed by atoms with Gasteiger partial charge in [-0.3, -0.25) is 14.2 Å². The smallest absolute Gasteiger partial charge is 0.347 e. The molecular weight excluding hydrogens is 434 g/mol. The van der Waals surface area contributed by atoms with Gasteiger partial charge in [-0.05, 0) is 51.5 Å². The second-order valence-corrected chi connectivity index (χ2v) is 8.96. The van der Waals surface area contributed by atoms with Crippen LogP contribution in [0, 0.1) is 6.92 Å². The Morgan fingerprint density at radius 3 is 2.32 bits per heavy atom.